The Labute approximate surface area is 211 Å². The molecule has 3 aromatic rings. The van der Waals surface area contributed by atoms with Crippen molar-refractivity contribution >= 4 is 40.0 Å². The number of anilines is 1. The minimum Gasteiger partial charge on any atom is -0.504 e. The number of nitrogens with one attached hydrogen (secondary N) is 1. The summed E-state index contributed by atoms with van der Waals surface area (Å²) in [6.45, 7) is 10.8. The number of methoxy groups -OCH3 is 1. The van der Waals surface area contributed by atoms with E-state index in [4.69, 9.17) is 9.47 Å². The fourth-order valence-electron chi connectivity index (χ4n) is 5.24. The SMILES string of the molecule is CC/C=C(\C)c1ccsc1/C=C1\Oc2ccc(O)c(OC)c2-c2ccc3c(c21)C(C)=CC(C)(C)N3. The summed E-state index contributed by atoms with van der Waals surface area (Å²) < 4.78 is 12.2. The van der Waals surface area contributed by atoms with Crippen LogP contribution in [0.5, 0.6) is 17.2 Å². The van der Waals surface area contributed by atoms with Gasteiger partial charge in [0.15, 0.2) is 11.5 Å². The van der Waals surface area contributed by atoms with Crippen LogP contribution >= 0.6 is 11.3 Å². The van der Waals surface area contributed by atoms with E-state index in [0.29, 0.717) is 11.5 Å². The monoisotopic (exact) mass is 485 g/mol. The van der Waals surface area contributed by atoms with Crippen molar-refractivity contribution in [3.8, 4) is 28.4 Å². The summed E-state index contributed by atoms with van der Waals surface area (Å²) in [5.74, 6) is 1.98. The molecule has 35 heavy (non-hydrogen) atoms. The first kappa shape index (κ1) is 23.3. The third kappa shape index (κ3) is 3.94. The maximum absolute atomic E-state index is 10.5. The largest absolute Gasteiger partial charge is 0.504 e. The molecule has 0 fully saturated rings. The van der Waals surface area contributed by atoms with E-state index in [1.54, 1.807) is 24.5 Å². The van der Waals surface area contributed by atoms with Gasteiger partial charge in [-0.1, -0.05) is 25.1 Å². The van der Waals surface area contributed by atoms with Gasteiger partial charge in [-0.15, -0.1) is 11.3 Å². The number of rotatable bonds is 4. The normalized spacial score (nSPS) is 17.0. The standard InChI is InChI=1S/C30H31NO3S/c1-7-8-17(2)19-13-14-35-25(19)15-24-27-20(28-23(34-24)12-11-22(32)29(28)33-6)9-10-21-26(27)18(3)16-30(4,5)31-21/h8-16,31-32H,7H2,1-6H3/b17-8+,24-15-. The third-order valence-corrected chi connectivity index (χ3v) is 7.43. The van der Waals surface area contributed by atoms with Crippen molar-refractivity contribution in [1.29, 1.82) is 0 Å². The molecule has 2 N–H and O–H groups in total. The number of phenols is 1. The van der Waals surface area contributed by atoms with Crippen LogP contribution in [-0.4, -0.2) is 17.8 Å². The molecule has 2 aliphatic rings. The quantitative estimate of drug-likeness (QED) is 0.389. The van der Waals surface area contributed by atoms with E-state index in [2.05, 4.69) is 81.7 Å². The van der Waals surface area contributed by atoms with Crippen molar-refractivity contribution in [2.24, 2.45) is 0 Å². The molecule has 0 bridgehead atoms. The van der Waals surface area contributed by atoms with Gasteiger partial charge in [0.1, 0.15) is 11.5 Å². The highest BCUT2D eigenvalue weighted by Crippen LogP contribution is 2.54. The Morgan fingerprint density at radius 3 is 2.69 bits per heavy atom. The first-order chi connectivity index (χ1) is 16.7. The van der Waals surface area contributed by atoms with Crippen LogP contribution < -0.4 is 14.8 Å². The highest BCUT2D eigenvalue weighted by Gasteiger charge is 2.33. The molecule has 3 heterocycles. The van der Waals surface area contributed by atoms with Gasteiger partial charge < -0.3 is 19.9 Å². The number of benzene rings is 2. The number of hydrogen-bond donors (Lipinski definition) is 2. The van der Waals surface area contributed by atoms with Crippen molar-refractivity contribution < 1.29 is 14.6 Å². The van der Waals surface area contributed by atoms with Crippen molar-refractivity contribution in [3.05, 3.63) is 69.4 Å². The second-order valence-corrected chi connectivity index (χ2v) is 10.6. The number of allylic oxidation sites excluding steroid dienone is 3. The fourth-order valence-corrected chi connectivity index (χ4v) is 6.12. The molecule has 0 aliphatic carbocycles. The zero-order valence-corrected chi connectivity index (χ0v) is 21.9. The lowest BCUT2D eigenvalue weighted by molar-refractivity contribution is 0.371. The summed E-state index contributed by atoms with van der Waals surface area (Å²) in [7, 11) is 1.58. The van der Waals surface area contributed by atoms with Crippen LogP contribution in [0.1, 0.15) is 62.6 Å². The maximum Gasteiger partial charge on any atom is 0.172 e. The number of thiophene rings is 1. The summed E-state index contributed by atoms with van der Waals surface area (Å²) in [5.41, 5.74) is 8.46. The molecule has 0 atom stereocenters. The number of hydrogen-bond acceptors (Lipinski definition) is 5. The molecule has 2 aromatic carbocycles. The Balaban J connectivity index is 1.81. The molecule has 5 rings (SSSR count). The molecule has 0 saturated carbocycles. The van der Waals surface area contributed by atoms with Crippen LogP contribution in [0.2, 0.25) is 0 Å². The maximum atomic E-state index is 10.5. The Bertz CT molecular complexity index is 1420. The molecule has 0 radical (unpaired) electrons. The first-order valence-corrected chi connectivity index (χ1v) is 12.8. The van der Waals surface area contributed by atoms with Gasteiger partial charge in [-0.05, 0) is 86.5 Å². The van der Waals surface area contributed by atoms with E-state index in [1.165, 1.54) is 16.7 Å². The highest BCUT2D eigenvalue weighted by molar-refractivity contribution is 7.11. The predicted octanol–water partition coefficient (Wildman–Crippen LogP) is 8.44. The van der Waals surface area contributed by atoms with Gasteiger partial charge in [0, 0.05) is 27.3 Å². The zero-order chi connectivity index (χ0) is 24.9. The summed E-state index contributed by atoms with van der Waals surface area (Å²) in [6.07, 6.45) is 7.66. The van der Waals surface area contributed by atoms with E-state index in [9.17, 15) is 5.11 Å². The van der Waals surface area contributed by atoms with Crippen molar-refractivity contribution in [2.45, 2.75) is 46.6 Å². The van der Waals surface area contributed by atoms with Gasteiger partial charge in [-0.3, -0.25) is 0 Å². The molecule has 0 unspecified atom stereocenters. The van der Waals surface area contributed by atoms with Gasteiger partial charge in [0.05, 0.1) is 18.2 Å². The molecule has 4 nitrogen and oxygen atoms in total. The Kier molecular flexibility index (Phi) is 5.76. The number of phenolic OH excluding ortho intramolecular Hbond substituents is 1. The van der Waals surface area contributed by atoms with Crippen LogP contribution in [0.4, 0.5) is 5.69 Å². The van der Waals surface area contributed by atoms with Crippen LogP contribution in [0.15, 0.2) is 47.9 Å². The molecule has 180 valence electrons. The summed E-state index contributed by atoms with van der Waals surface area (Å²) >= 11 is 1.71. The molecule has 0 spiro atoms. The Morgan fingerprint density at radius 2 is 1.94 bits per heavy atom. The van der Waals surface area contributed by atoms with Gasteiger partial charge in [0.25, 0.3) is 0 Å². The second-order valence-electron chi connectivity index (χ2n) is 9.68. The van der Waals surface area contributed by atoms with Crippen LogP contribution in [-0.2, 0) is 0 Å². The van der Waals surface area contributed by atoms with Crippen LogP contribution in [0.25, 0.3) is 34.1 Å². The molecule has 2 aliphatic heterocycles. The van der Waals surface area contributed by atoms with E-state index in [-0.39, 0.29) is 11.3 Å². The lowest BCUT2D eigenvalue weighted by atomic mass is 9.83. The number of fused-ring (bicyclic) bond motifs is 5. The van der Waals surface area contributed by atoms with Gasteiger partial charge >= 0.3 is 0 Å². The summed E-state index contributed by atoms with van der Waals surface area (Å²) in [4.78, 5) is 1.16. The van der Waals surface area contributed by atoms with E-state index in [0.717, 1.165) is 45.0 Å². The zero-order valence-electron chi connectivity index (χ0n) is 21.1. The van der Waals surface area contributed by atoms with Crippen molar-refractivity contribution in [2.75, 3.05) is 12.4 Å². The lowest BCUT2D eigenvalue weighted by Gasteiger charge is -2.35. The minimum atomic E-state index is -0.151. The topological polar surface area (TPSA) is 50.7 Å². The van der Waals surface area contributed by atoms with E-state index in [1.807, 2.05) is 6.07 Å². The van der Waals surface area contributed by atoms with Crippen LogP contribution in [0, 0.1) is 0 Å². The fraction of sp³-hybridized carbons (Fsp3) is 0.267. The molecular weight excluding hydrogens is 454 g/mol. The third-order valence-electron chi connectivity index (χ3n) is 6.56. The van der Waals surface area contributed by atoms with E-state index >= 15 is 0 Å². The molecular formula is C30H31NO3S. The molecule has 0 saturated heterocycles. The average molecular weight is 486 g/mol. The lowest BCUT2D eigenvalue weighted by Crippen LogP contribution is -2.32. The van der Waals surface area contributed by atoms with E-state index < -0.39 is 0 Å². The van der Waals surface area contributed by atoms with Crippen molar-refractivity contribution in [1.82, 2.24) is 0 Å². The first-order valence-electron chi connectivity index (χ1n) is 11.9. The second kappa shape index (κ2) is 8.65. The number of aromatic hydroxyl groups is 1. The average Bonchev–Trinajstić information content (AvgIpc) is 3.26. The van der Waals surface area contributed by atoms with Crippen molar-refractivity contribution in [3.63, 3.8) is 0 Å². The Hall–Kier alpha value is -3.44. The Morgan fingerprint density at radius 1 is 1.14 bits per heavy atom. The van der Waals surface area contributed by atoms with Gasteiger partial charge in [0.2, 0.25) is 0 Å². The van der Waals surface area contributed by atoms with Gasteiger partial charge in [-0.2, -0.15) is 0 Å². The molecule has 1 aromatic heterocycles. The minimum absolute atomic E-state index is 0.0957. The summed E-state index contributed by atoms with van der Waals surface area (Å²) in [6, 6.07) is 9.83. The predicted molar refractivity (Wildman–Crippen MR) is 148 cm³/mol. The summed E-state index contributed by atoms with van der Waals surface area (Å²) in [5, 5.41) is 16.3. The molecule has 5 heteroatoms. The van der Waals surface area contributed by atoms with Gasteiger partial charge in [-0.25, -0.2) is 0 Å². The highest BCUT2D eigenvalue weighted by atomic mass is 32.1. The smallest absolute Gasteiger partial charge is 0.172 e. The molecule has 0 amide bonds. The number of ether oxygens (including phenoxy) is 2. The van der Waals surface area contributed by atoms with Crippen LogP contribution in [0.3, 0.4) is 0 Å².